The zero-order chi connectivity index (χ0) is 13.7. The first-order valence-electron chi connectivity index (χ1n) is 6.49. The summed E-state index contributed by atoms with van der Waals surface area (Å²) in [7, 11) is 0. The topological polar surface area (TPSA) is 58.6 Å². The van der Waals surface area contributed by atoms with Crippen LogP contribution in [-0.2, 0) is 4.79 Å². The van der Waals surface area contributed by atoms with Gasteiger partial charge in [0.1, 0.15) is 5.75 Å². The summed E-state index contributed by atoms with van der Waals surface area (Å²) in [6, 6.07) is 6.87. The van der Waals surface area contributed by atoms with E-state index >= 15 is 0 Å². The van der Waals surface area contributed by atoms with Gasteiger partial charge in [-0.05, 0) is 37.6 Å². The van der Waals surface area contributed by atoms with Gasteiger partial charge in [0.25, 0.3) is 5.91 Å². The molecule has 0 unspecified atom stereocenters. The maximum Gasteiger partial charge on any atom is 0.251 e. The molecule has 1 aliphatic heterocycles. The first-order valence-corrected chi connectivity index (χ1v) is 6.49. The van der Waals surface area contributed by atoms with E-state index < -0.39 is 0 Å². The van der Waals surface area contributed by atoms with Gasteiger partial charge in [0.2, 0.25) is 5.91 Å². The number of likely N-dealkylation sites (tertiary alicyclic amines) is 1. The van der Waals surface area contributed by atoms with Crippen molar-refractivity contribution in [1.29, 1.82) is 0 Å². The molecule has 2 amide bonds. The van der Waals surface area contributed by atoms with Crippen LogP contribution in [-0.4, -0.2) is 43.0 Å². The molecule has 0 atom stereocenters. The van der Waals surface area contributed by atoms with Crippen LogP contribution in [0.4, 0.5) is 0 Å². The van der Waals surface area contributed by atoms with E-state index in [4.69, 9.17) is 4.74 Å². The number of carbonyl (C=O) groups is 2. The number of hydrogen-bond acceptors (Lipinski definition) is 3. The fraction of sp³-hybridized carbons (Fsp3) is 0.429. The molecule has 1 aromatic rings. The number of amides is 2. The number of ether oxygens (including phenoxy) is 1. The van der Waals surface area contributed by atoms with Crippen LogP contribution in [0, 0.1) is 0 Å². The summed E-state index contributed by atoms with van der Waals surface area (Å²) in [4.78, 5) is 25.2. The summed E-state index contributed by atoms with van der Waals surface area (Å²) in [6.07, 6.45) is 1.05. The maximum atomic E-state index is 11.8. The fourth-order valence-corrected chi connectivity index (χ4v) is 1.80. The van der Waals surface area contributed by atoms with Crippen LogP contribution in [0.1, 0.15) is 23.7 Å². The van der Waals surface area contributed by atoms with E-state index in [2.05, 4.69) is 5.32 Å². The normalized spacial score (nSPS) is 13.6. The SMILES string of the molecule is CCOc1ccc(C(=O)NCC(=O)N2CCC2)cc1. The summed E-state index contributed by atoms with van der Waals surface area (Å²) < 4.78 is 5.30. The van der Waals surface area contributed by atoms with Crippen LogP contribution in [0.2, 0.25) is 0 Å². The molecule has 1 heterocycles. The summed E-state index contributed by atoms with van der Waals surface area (Å²) in [5.74, 6) is 0.471. The van der Waals surface area contributed by atoms with Gasteiger partial charge in [0.15, 0.2) is 0 Å². The van der Waals surface area contributed by atoms with Crippen LogP contribution in [0.25, 0.3) is 0 Å². The molecule has 1 fully saturated rings. The van der Waals surface area contributed by atoms with Crippen molar-refractivity contribution in [3.05, 3.63) is 29.8 Å². The molecule has 19 heavy (non-hydrogen) atoms. The van der Waals surface area contributed by atoms with Crippen LogP contribution in [0.15, 0.2) is 24.3 Å². The van der Waals surface area contributed by atoms with Gasteiger partial charge in [-0.1, -0.05) is 0 Å². The fourth-order valence-electron chi connectivity index (χ4n) is 1.80. The second-order valence-corrected chi connectivity index (χ2v) is 4.37. The minimum atomic E-state index is -0.239. The van der Waals surface area contributed by atoms with Crippen LogP contribution in [0.5, 0.6) is 5.75 Å². The zero-order valence-electron chi connectivity index (χ0n) is 11.0. The van der Waals surface area contributed by atoms with Crippen molar-refractivity contribution in [3.8, 4) is 5.75 Å². The molecule has 5 nitrogen and oxygen atoms in total. The second kappa shape index (κ2) is 6.22. The van der Waals surface area contributed by atoms with Crippen molar-refractivity contribution in [3.63, 3.8) is 0 Å². The first-order chi connectivity index (χ1) is 9.20. The molecule has 0 aliphatic carbocycles. The molecule has 0 bridgehead atoms. The van der Waals surface area contributed by atoms with E-state index in [1.165, 1.54) is 0 Å². The highest BCUT2D eigenvalue weighted by Crippen LogP contribution is 2.12. The first kappa shape index (κ1) is 13.4. The highest BCUT2D eigenvalue weighted by atomic mass is 16.5. The molecule has 0 spiro atoms. The monoisotopic (exact) mass is 262 g/mol. The van der Waals surface area contributed by atoms with Gasteiger partial charge in [-0.3, -0.25) is 9.59 Å². The molecule has 0 radical (unpaired) electrons. The molecule has 1 saturated heterocycles. The van der Waals surface area contributed by atoms with Gasteiger partial charge in [0.05, 0.1) is 13.2 Å². The number of nitrogens with one attached hydrogen (secondary N) is 1. The second-order valence-electron chi connectivity index (χ2n) is 4.37. The van der Waals surface area contributed by atoms with Gasteiger partial charge in [-0.25, -0.2) is 0 Å². The molecule has 102 valence electrons. The minimum absolute atomic E-state index is 0.0227. The maximum absolute atomic E-state index is 11.8. The van der Waals surface area contributed by atoms with Crippen LogP contribution < -0.4 is 10.1 Å². The van der Waals surface area contributed by atoms with Gasteiger partial charge in [0, 0.05) is 18.7 Å². The molecule has 0 aromatic heterocycles. The number of hydrogen-bond donors (Lipinski definition) is 1. The van der Waals surface area contributed by atoms with Crippen molar-refractivity contribution in [2.24, 2.45) is 0 Å². The van der Waals surface area contributed by atoms with Crippen LogP contribution >= 0.6 is 0 Å². The molecule has 1 N–H and O–H groups in total. The smallest absolute Gasteiger partial charge is 0.251 e. The standard InChI is InChI=1S/C14H18N2O3/c1-2-19-12-6-4-11(5-7-12)14(18)15-10-13(17)16-8-3-9-16/h4-7H,2-3,8-10H2,1H3,(H,15,18). The third-order valence-corrected chi connectivity index (χ3v) is 3.04. The molecule has 5 heteroatoms. The largest absolute Gasteiger partial charge is 0.494 e. The Bertz CT molecular complexity index is 452. The third-order valence-electron chi connectivity index (χ3n) is 3.04. The average Bonchev–Trinajstić information content (AvgIpc) is 2.35. The molecular formula is C14H18N2O3. The van der Waals surface area contributed by atoms with Gasteiger partial charge >= 0.3 is 0 Å². The summed E-state index contributed by atoms with van der Waals surface area (Å²) in [5, 5.41) is 2.63. The molecule has 1 aromatic carbocycles. The van der Waals surface area contributed by atoms with Gasteiger partial charge < -0.3 is 15.0 Å². The average molecular weight is 262 g/mol. The van der Waals surface area contributed by atoms with E-state index in [0.717, 1.165) is 25.3 Å². The van der Waals surface area contributed by atoms with E-state index in [1.807, 2.05) is 6.92 Å². The number of benzene rings is 1. The predicted octanol–water partition coefficient (Wildman–Crippen LogP) is 1.05. The Labute approximate surface area is 112 Å². The minimum Gasteiger partial charge on any atom is -0.494 e. The Hall–Kier alpha value is -2.04. The lowest BCUT2D eigenvalue weighted by Crippen LogP contribution is -2.47. The number of nitrogens with zero attached hydrogens (tertiary/aromatic N) is 1. The van der Waals surface area contributed by atoms with E-state index in [0.29, 0.717) is 12.2 Å². The summed E-state index contributed by atoms with van der Waals surface area (Å²) >= 11 is 0. The lowest BCUT2D eigenvalue weighted by atomic mass is 10.2. The molecule has 0 saturated carbocycles. The Morgan fingerprint density at radius 2 is 1.95 bits per heavy atom. The van der Waals surface area contributed by atoms with Gasteiger partial charge in [-0.15, -0.1) is 0 Å². The van der Waals surface area contributed by atoms with E-state index in [-0.39, 0.29) is 18.4 Å². The van der Waals surface area contributed by atoms with E-state index in [1.54, 1.807) is 29.2 Å². The van der Waals surface area contributed by atoms with Crippen molar-refractivity contribution in [1.82, 2.24) is 10.2 Å². The summed E-state index contributed by atoms with van der Waals surface area (Å²) in [6.45, 7) is 4.17. The van der Waals surface area contributed by atoms with Crippen molar-refractivity contribution < 1.29 is 14.3 Å². The molecule has 2 rings (SSSR count). The molecular weight excluding hydrogens is 244 g/mol. The number of rotatable bonds is 5. The Balaban J connectivity index is 1.83. The molecule has 1 aliphatic rings. The Morgan fingerprint density at radius 1 is 1.26 bits per heavy atom. The van der Waals surface area contributed by atoms with E-state index in [9.17, 15) is 9.59 Å². The number of carbonyl (C=O) groups excluding carboxylic acids is 2. The zero-order valence-corrected chi connectivity index (χ0v) is 11.0. The van der Waals surface area contributed by atoms with Gasteiger partial charge in [-0.2, -0.15) is 0 Å². The van der Waals surface area contributed by atoms with Crippen molar-refractivity contribution in [2.75, 3.05) is 26.2 Å². The third kappa shape index (κ3) is 3.47. The Morgan fingerprint density at radius 3 is 2.47 bits per heavy atom. The Kier molecular flexibility index (Phi) is 4.39. The van der Waals surface area contributed by atoms with Crippen molar-refractivity contribution >= 4 is 11.8 Å². The predicted molar refractivity (Wildman–Crippen MR) is 71.1 cm³/mol. The quantitative estimate of drug-likeness (QED) is 0.862. The highest BCUT2D eigenvalue weighted by Gasteiger charge is 2.20. The van der Waals surface area contributed by atoms with Crippen molar-refractivity contribution in [2.45, 2.75) is 13.3 Å². The lowest BCUT2D eigenvalue weighted by molar-refractivity contribution is -0.133. The highest BCUT2D eigenvalue weighted by molar-refractivity contribution is 5.96. The van der Waals surface area contributed by atoms with Crippen LogP contribution in [0.3, 0.4) is 0 Å². The lowest BCUT2D eigenvalue weighted by Gasteiger charge is -2.30. The summed E-state index contributed by atoms with van der Waals surface area (Å²) in [5.41, 5.74) is 0.528.